The van der Waals surface area contributed by atoms with Gasteiger partial charge in [0, 0.05) is 17.2 Å². The van der Waals surface area contributed by atoms with E-state index in [1.165, 1.54) is 0 Å². The second kappa shape index (κ2) is 6.99. The van der Waals surface area contributed by atoms with Crippen molar-refractivity contribution in [2.45, 2.75) is 6.42 Å². The lowest BCUT2D eigenvalue weighted by molar-refractivity contribution is 0.0696. The summed E-state index contributed by atoms with van der Waals surface area (Å²) in [6.07, 6.45) is 2.20. The van der Waals surface area contributed by atoms with E-state index < -0.39 is 5.97 Å². The zero-order chi connectivity index (χ0) is 15.2. The van der Waals surface area contributed by atoms with Crippen LogP contribution < -0.4 is 5.32 Å². The Morgan fingerprint density at radius 3 is 2.43 bits per heavy atom. The highest BCUT2D eigenvalue weighted by molar-refractivity contribution is 9.10. The van der Waals surface area contributed by atoms with Gasteiger partial charge in [0.15, 0.2) is 0 Å². The maximum atomic E-state index is 11.8. The normalized spacial score (nSPS) is 10.1. The zero-order valence-electron chi connectivity index (χ0n) is 11.0. The molecule has 1 amide bonds. The Bertz CT molecular complexity index is 639. The van der Waals surface area contributed by atoms with E-state index in [0.29, 0.717) is 18.7 Å². The molecule has 0 aliphatic carbocycles. The number of pyridine rings is 1. The van der Waals surface area contributed by atoms with E-state index in [0.717, 1.165) is 10.0 Å². The fourth-order valence-corrected chi connectivity index (χ4v) is 1.97. The van der Waals surface area contributed by atoms with Crippen LogP contribution in [0.25, 0.3) is 0 Å². The molecule has 2 N–H and O–H groups in total. The fourth-order valence-electron chi connectivity index (χ4n) is 1.74. The van der Waals surface area contributed by atoms with Gasteiger partial charge in [0.2, 0.25) is 0 Å². The van der Waals surface area contributed by atoms with E-state index in [2.05, 4.69) is 26.2 Å². The molecular weight excluding hydrogens is 336 g/mol. The Morgan fingerprint density at radius 1 is 1.14 bits per heavy atom. The SMILES string of the molecule is O=C(O)c1ccc(CCNC(=O)c2ccc(Br)cn2)cc1. The number of benzene rings is 1. The third-order valence-electron chi connectivity index (χ3n) is 2.86. The lowest BCUT2D eigenvalue weighted by atomic mass is 10.1. The third-order valence-corrected chi connectivity index (χ3v) is 3.33. The van der Waals surface area contributed by atoms with Gasteiger partial charge in [0.05, 0.1) is 5.56 Å². The average molecular weight is 349 g/mol. The number of nitrogens with one attached hydrogen (secondary N) is 1. The Morgan fingerprint density at radius 2 is 1.86 bits per heavy atom. The van der Waals surface area contributed by atoms with Crippen LogP contribution in [0.5, 0.6) is 0 Å². The smallest absolute Gasteiger partial charge is 0.335 e. The van der Waals surface area contributed by atoms with Crippen molar-refractivity contribution in [3.05, 3.63) is 63.9 Å². The van der Waals surface area contributed by atoms with Crippen molar-refractivity contribution in [3.63, 3.8) is 0 Å². The number of hydrogen-bond acceptors (Lipinski definition) is 3. The van der Waals surface area contributed by atoms with E-state index in [1.54, 1.807) is 42.6 Å². The Labute approximate surface area is 130 Å². The summed E-state index contributed by atoms with van der Waals surface area (Å²) >= 11 is 3.26. The van der Waals surface area contributed by atoms with Crippen LogP contribution in [0.1, 0.15) is 26.4 Å². The fraction of sp³-hybridized carbons (Fsp3) is 0.133. The predicted octanol–water partition coefficient (Wildman–Crippen LogP) is 2.51. The van der Waals surface area contributed by atoms with Gasteiger partial charge in [-0.3, -0.25) is 4.79 Å². The summed E-state index contributed by atoms with van der Waals surface area (Å²) < 4.78 is 0.817. The highest BCUT2D eigenvalue weighted by Gasteiger charge is 2.06. The van der Waals surface area contributed by atoms with Crippen LogP contribution in [0, 0.1) is 0 Å². The molecule has 108 valence electrons. The molecule has 0 aliphatic heterocycles. The molecule has 1 aromatic carbocycles. The molecule has 0 spiro atoms. The second-order valence-corrected chi connectivity index (χ2v) is 5.29. The van der Waals surface area contributed by atoms with Crippen LogP contribution in [-0.4, -0.2) is 28.5 Å². The molecule has 0 radical (unpaired) electrons. The molecule has 0 fully saturated rings. The number of amides is 1. The molecule has 0 atom stereocenters. The third kappa shape index (κ3) is 4.39. The number of carboxylic acids is 1. The highest BCUT2D eigenvalue weighted by atomic mass is 79.9. The Kier molecular flexibility index (Phi) is 5.05. The molecule has 0 saturated heterocycles. The quantitative estimate of drug-likeness (QED) is 0.869. The van der Waals surface area contributed by atoms with E-state index >= 15 is 0 Å². The van der Waals surface area contributed by atoms with Crippen molar-refractivity contribution in [3.8, 4) is 0 Å². The maximum Gasteiger partial charge on any atom is 0.335 e. The second-order valence-electron chi connectivity index (χ2n) is 4.37. The molecule has 2 rings (SSSR count). The van der Waals surface area contributed by atoms with Gasteiger partial charge in [0.1, 0.15) is 5.69 Å². The van der Waals surface area contributed by atoms with E-state index in [9.17, 15) is 9.59 Å². The van der Waals surface area contributed by atoms with E-state index in [4.69, 9.17) is 5.11 Å². The zero-order valence-corrected chi connectivity index (χ0v) is 12.6. The molecule has 0 aliphatic rings. The molecule has 21 heavy (non-hydrogen) atoms. The van der Waals surface area contributed by atoms with E-state index in [1.807, 2.05) is 0 Å². The number of aromatic nitrogens is 1. The minimum atomic E-state index is -0.948. The first-order valence-electron chi connectivity index (χ1n) is 6.28. The van der Waals surface area contributed by atoms with E-state index in [-0.39, 0.29) is 11.5 Å². The van der Waals surface area contributed by atoms with Crippen LogP contribution in [0.15, 0.2) is 47.1 Å². The molecule has 2 aromatic rings. The van der Waals surface area contributed by atoms with Gasteiger partial charge in [0.25, 0.3) is 5.91 Å². The Hall–Kier alpha value is -2.21. The van der Waals surface area contributed by atoms with Gasteiger partial charge >= 0.3 is 5.97 Å². The number of carbonyl (C=O) groups is 2. The molecule has 5 nitrogen and oxygen atoms in total. The largest absolute Gasteiger partial charge is 0.478 e. The van der Waals surface area contributed by atoms with Crippen molar-refractivity contribution in [1.82, 2.24) is 10.3 Å². The van der Waals surface area contributed by atoms with Gasteiger partial charge in [-0.2, -0.15) is 0 Å². The maximum absolute atomic E-state index is 11.8. The Balaban J connectivity index is 1.85. The number of nitrogens with zero attached hydrogens (tertiary/aromatic N) is 1. The number of aromatic carboxylic acids is 1. The number of carboxylic acid groups (broad SMARTS) is 1. The van der Waals surface area contributed by atoms with Crippen molar-refractivity contribution in [2.75, 3.05) is 6.54 Å². The first kappa shape index (κ1) is 15.2. The average Bonchev–Trinajstić information content (AvgIpc) is 2.48. The molecule has 0 unspecified atom stereocenters. The van der Waals surface area contributed by atoms with Crippen molar-refractivity contribution in [2.24, 2.45) is 0 Å². The van der Waals surface area contributed by atoms with Gasteiger partial charge < -0.3 is 10.4 Å². The van der Waals surface area contributed by atoms with Crippen molar-refractivity contribution in [1.29, 1.82) is 0 Å². The summed E-state index contributed by atoms with van der Waals surface area (Å²) in [5, 5.41) is 11.6. The predicted molar refractivity (Wildman–Crippen MR) is 81.4 cm³/mol. The van der Waals surface area contributed by atoms with Crippen LogP contribution in [0.4, 0.5) is 0 Å². The lowest BCUT2D eigenvalue weighted by Crippen LogP contribution is -2.26. The van der Waals surface area contributed by atoms with Crippen molar-refractivity contribution < 1.29 is 14.7 Å². The first-order valence-corrected chi connectivity index (χ1v) is 7.07. The van der Waals surface area contributed by atoms with Crippen LogP contribution >= 0.6 is 15.9 Å². The molecule has 1 aromatic heterocycles. The first-order chi connectivity index (χ1) is 10.1. The molecular formula is C15H13BrN2O3. The minimum absolute atomic E-state index is 0.232. The van der Waals surface area contributed by atoms with Crippen LogP contribution in [0.2, 0.25) is 0 Å². The minimum Gasteiger partial charge on any atom is -0.478 e. The van der Waals surface area contributed by atoms with Gasteiger partial charge in [-0.1, -0.05) is 12.1 Å². The van der Waals surface area contributed by atoms with Crippen LogP contribution in [0.3, 0.4) is 0 Å². The summed E-state index contributed by atoms with van der Waals surface area (Å²) in [7, 11) is 0. The van der Waals surface area contributed by atoms with Gasteiger partial charge in [-0.25, -0.2) is 9.78 Å². The summed E-state index contributed by atoms with van der Waals surface area (Å²) in [6.45, 7) is 0.461. The van der Waals surface area contributed by atoms with Crippen molar-refractivity contribution >= 4 is 27.8 Å². The lowest BCUT2D eigenvalue weighted by Gasteiger charge is -2.05. The summed E-state index contributed by atoms with van der Waals surface area (Å²) in [5.41, 5.74) is 1.57. The standard InChI is InChI=1S/C15H13BrN2O3/c16-12-5-6-13(18-9-12)14(19)17-8-7-10-1-3-11(4-2-10)15(20)21/h1-6,9H,7-8H2,(H,17,19)(H,20,21). The molecule has 0 saturated carbocycles. The number of halogens is 1. The van der Waals surface area contributed by atoms with Gasteiger partial charge in [-0.05, 0) is 52.2 Å². The molecule has 6 heteroatoms. The molecule has 1 heterocycles. The van der Waals surface area contributed by atoms with Crippen LogP contribution in [-0.2, 0) is 6.42 Å². The summed E-state index contributed by atoms with van der Waals surface area (Å²) in [5.74, 6) is -1.18. The highest BCUT2D eigenvalue weighted by Crippen LogP contribution is 2.07. The summed E-state index contributed by atoms with van der Waals surface area (Å²) in [4.78, 5) is 26.6. The monoisotopic (exact) mass is 348 g/mol. The summed E-state index contributed by atoms with van der Waals surface area (Å²) in [6, 6.07) is 9.99. The molecule has 0 bridgehead atoms. The number of hydrogen-bond donors (Lipinski definition) is 2. The van der Waals surface area contributed by atoms with Gasteiger partial charge in [-0.15, -0.1) is 0 Å². The topological polar surface area (TPSA) is 79.3 Å². The number of carbonyl (C=O) groups excluding carboxylic acids is 1. The number of rotatable bonds is 5.